The molecule has 5 nitrogen and oxygen atoms in total. The van der Waals surface area contributed by atoms with Gasteiger partial charge < -0.3 is 15.2 Å². The smallest absolute Gasteiger partial charge is 0.336 e. The van der Waals surface area contributed by atoms with Crippen LogP contribution in [-0.4, -0.2) is 29.7 Å². The molecule has 1 aromatic rings. The predicted molar refractivity (Wildman–Crippen MR) is 77.1 cm³/mol. The molecule has 0 fully saturated rings. The molecule has 0 bridgehead atoms. The highest BCUT2D eigenvalue weighted by molar-refractivity contribution is 5.94. The van der Waals surface area contributed by atoms with E-state index in [1.54, 1.807) is 19.1 Å². The van der Waals surface area contributed by atoms with Crippen LogP contribution in [0.25, 0.3) is 0 Å². The number of benzene rings is 1. The summed E-state index contributed by atoms with van der Waals surface area (Å²) in [7, 11) is 0. The third kappa shape index (κ3) is 5.40. The van der Waals surface area contributed by atoms with E-state index < -0.39 is 5.97 Å². The van der Waals surface area contributed by atoms with Crippen molar-refractivity contribution in [3.63, 3.8) is 0 Å². The largest absolute Gasteiger partial charge is 0.478 e. The van der Waals surface area contributed by atoms with E-state index in [1.807, 2.05) is 13.8 Å². The third-order valence-electron chi connectivity index (χ3n) is 2.75. The summed E-state index contributed by atoms with van der Waals surface area (Å²) in [5.41, 5.74) is 1.37. The van der Waals surface area contributed by atoms with Crippen LogP contribution >= 0.6 is 0 Å². The molecular weight excluding hydrogens is 258 g/mol. The summed E-state index contributed by atoms with van der Waals surface area (Å²) >= 11 is 0. The van der Waals surface area contributed by atoms with Crippen LogP contribution in [-0.2, 0) is 9.53 Å². The van der Waals surface area contributed by atoms with E-state index in [9.17, 15) is 9.59 Å². The molecule has 110 valence electrons. The maximum Gasteiger partial charge on any atom is 0.336 e. The number of aryl methyl sites for hydroxylation is 1. The van der Waals surface area contributed by atoms with Crippen molar-refractivity contribution in [2.45, 2.75) is 39.7 Å². The van der Waals surface area contributed by atoms with Crippen LogP contribution in [0.2, 0.25) is 0 Å². The van der Waals surface area contributed by atoms with Gasteiger partial charge in [-0.1, -0.05) is 6.07 Å². The summed E-state index contributed by atoms with van der Waals surface area (Å²) in [5, 5.41) is 11.7. The molecule has 0 aliphatic rings. The molecule has 0 aliphatic carbocycles. The number of hydrogen-bond acceptors (Lipinski definition) is 3. The lowest BCUT2D eigenvalue weighted by molar-refractivity contribution is -0.116. The number of ether oxygens (including phenoxy) is 1. The zero-order valence-electron chi connectivity index (χ0n) is 12.1. The fraction of sp³-hybridized carbons (Fsp3) is 0.467. The first-order valence-corrected chi connectivity index (χ1v) is 6.65. The molecule has 0 aliphatic heterocycles. The Morgan fingerprint density at radius 1 is 1.35 bits per heavy atom. The van der Waals surface area contributed by atoms with Gasteiger partial charge in [0.15, 0.2) is 0 Å². The van der Waals surface area contributed by atoms with Gasteiger partial charge in [-0.25, -0.2) is 4.79 Å². The van der Waals surface area contributed by atoms with Crippen LogP contribution in [0.5, 0.6) is 0 Å². The molecule has 1 amide bonds. The maximum atomic E-state index is 11.7. The number of carbonyl (C=O) groups excluding carboxylic acids is 1. The monoisotopic (exact) mass is 279 g/mol. The van der Waals surface area contributed by atoms with Crippen LogP contribution in [0.3, 0.4) is 0 Å². The van der Waals surface area contributed by atoms with Gasteiger partial charge in [0.1, 0.15) is 0 Å². The molecule has 1 rings (SSSR count). The molecule has 0 aromatic heterocycles. The number of carboxylic acid groups (broad SMARTS) is 1. The molecule has 0 saturated heterocycles. The molecule has 0 spiro atoms. The number of nitrogens with one attached hydrogen (secondary N) is 1. The maximum absolute atomic E-state index is 11.7. The van der Waals surface area contributed by atoms with Crippen molar-refractivity contribution >= 4 is 17.6 Å². The number of hydrogen-bond donors (Lipinski definition) is 2. The van der Waals surface area contributed by atoms with E-state index >= 15 is 0 Å². The number of anilines is 1. The van der Waals surface area contributed by atoms with Gasteiger partial charge in [0.2, 0.25) is 5.91 Å². The summed E-state index contributed by atoms with van der Waals surface area (Å²) in [6, 6.07) is 4.85. The molecule has 5 heteroatoms. The van der Waals surface area contributed by atoms with Crippen molar-refractivity contribution in [2.75, 3.05) is 11.9 Å². The van der Waals surface area contributed by atoms with Gasteiger partial charge in [-0.3, -0.25) is 4.79 Å². The van der Waals surface area contributed by atoms with Crippen molar-refractivity contribution in [3.05, 3.63) is 29.3 Å². The summed E-state index contributed by atoms with van der Waals surface area (Å²) in [6.45, 7) is 6.15. The van der Waals surface area contributed by atoms with Crippen LogP contribution in [0.1, 0.15) is 42.6 Å². The topological polar surface area (TPSA) is 75.6 Å². The normalized spacial score (nSPS) is 10.6. The van der Waals surface area contributed by atoms with Crippen molar-refractivity contribution in [2.24, 2.45) is 0 Å². The van der Waals surface area contributed by atoms with Crippen molar-refractivity contribution in [1.29, 1.82) is 0 Å². The average Bonchev–Trinajstić information content (AvgIpc) is 2.36. The molecule has 0 heterocycles. The molecule has 1 aromatic carbocycles. The summed E-state index contributed by atoms with van der Waals surface area (Å²) in [4.78, 5) is 22.7. The van der Waals surface area contributed by atoms with Crippen molar-refractivity contribution in [3.8, 4) is 0 Å². The van der Waals surface area contributed by atoms with Gasteiger partial charge in [0.05, 0.1) is 11.7 Å². The van der Waals surface area contributed by atoms with Gasteiger partial charge in [0, 0.05) is 18.7 Å². The van der Waals surface area contributed by atoms with Gasteiger partial charge in [-0.15, -0.1) is 0 Å². The number of carboxylic acids is 1. The Morgan fingerprint density at radius 3 is 2.65 bits per heavy atom. The third-order valence-corrected chi connectivity index (χ3v) is 2.75. The Bertz CT molecular complexity index is 483. The first kappa shape index (κ1) is 16.2. The summed E-state index contributed by atoms with van der Waals surface area (Å²) in [5.74, 6) is -1.14. The summed E-state index contributed by atoms with van der Waals surface area (Å²) in [6.07, 6.45) is 1.15. The minimum Gasteiger partial charge on any atom is -0.478 e. The number of amides is 1. The second-order valence-corrected chi connectivity index (χ2v) is 4.91. The Kier molecular flexibility index (Phi) is 6.18. The first-order chi connectivity index (χ1) is 9.40. The number of aromatic carboxylic acids is 1. The lowest BCUT2D eigenvalue weighted by Gasteiger charge is -2.09. The molecule has 0 saturated carbocycles. The Balaban J connectivity index is 2.50. The zero-order chi connectivity index (χ0) is 15.1. The van der Waals surface area contributed by atoms with E-state index in [0.29, 0.717) is 30.7 Å². The first-order valence-electron chi connectivity index (χ1n) is 6.65. The fourth-order valence-electron chi connectivity index (χ4n) is 1.71. The Hall–Kier alpha value is -1.88. The molecule has 20 heavy (non-hydrogen) atoms. The summed E-state index contributed by atoms with van der Waals surface area (Å²) < 4.78 is 5.35. The second-order valence-electron chi connectivity index (χ2n) is 4.91. The van der Waals surface area contributed by atoms with Crippen LogP contribution in [0, 0.1) is 6.92 Å². The van der Waals surface area contributed by atoms with E-state index in [0.717, 1.165) is 0 Å². The lowest BCUT2D eigenvalue weighted by atomic mass is 10.1. The van der Waals surface area contributed by atoms with Crippen LogP contribution < -0.4 is 5.32 Å². The van der Waals surface area contributed by atoms with Crippen molar-refractivity contribution < 1.29 is 19.4 Å². The minimum atomic E-state index is -0.996. The van der Waals surface area contributed by atoms with Crippen LogP contribution in [0.15, 0.2) is 18.2 Å². The van der Waals surface area contributed by atoms with Gasteiger partial charge in [-0.05, 0) is 44.9 Å². The second kappa shape index (κ2) is 7.65. The van der Waals surface area contributed by atoms with E-state index in [4.69, 9.17) is 9.84 Å². The highest BCUT2D eigenvalue weighted by Gasteiger charge is 2.09. The highest BCUT2D eigenvalue weighted by atomic mass is 16.5. The Labute approximate surface area is 118 Å². The minimum absolute atomic E-state index is 0.141. The van der Waals surface area contributed by atoms with E-state index in [1.165, 1.54) is 6.07 Å². The molecule has 0 unspecified atom stereocenters. The van der Waals surface area contributed by atoms with E-state index in [-0.39, 0.29) is 17.6 Å². The van der Waals surface area contributed by atoms with Crippen molar-refractivity contribution in [1.82, 2.24) is 0 Å². The predicted octanol–water partition coefficient (Wildman–Crippen LogP) is 2.84. The Morgan fingerprint density at radius 2 is 2.05 bits per heavy atom. The van der Waals surface area contributed by atoms with E-state index in [2.05, 4.69) is 5.32 Å². The number of carbonyl (C=O) groups is 2. The highest BCUT2D eigenvalue weighted by Crippen LogP contribution is 2.15. The van der Waals surface area contributed by atoms with Crippen LogP contribution in [0.4, 0.5) is 5.69 Å². The quantitative estimate of drug-likeness (QED) is 0.752. The standard InChI is InChI=1S/C15H21NO4/c1-10(2)20-8-4-5-14(17)16-12-7-6-11(3)13(9-12)15(18)19/h6-7,9-10H,4-5,8H2,1-3H3,(H,16,17)(H,18,19). The van der Waals surface area contributed by atoms with Gasteiger partial charge in [0.25, 0.3) is 0 Å². The molecule has 0 atom stereocenters. The van der Waals surface area contributed by atoms with Gasteiger partial charge in [-0.2, -0.15) is 0 Å². The number of rotatable bonds is 7. The fourth-order valence-corrected chi connectivity index (χ4v) is 1.71. The lowest BCUT2D eigenvalue weighted by Crippen LogP contribution is -2.14. The molecule has 0 radical (unpaired) electrons. The SMILES string of the molecule is Cc1ccc(NC(=O)CCCOC(C)C)cc1C(=O)O. The molecular formula is C15H21NO4. The average molecular weight is 279 g/mol. The zero-order valence-corrected chi connectivity index (χ0v) is 12.1. The van der Waals surface area contributed by atoms with Gasteiger partial charge >= 0.3 is 5.97 Å². The molecule has 2 N–H and O–H groups in total.